The van der Waals surface area contributed by atoms with Gasteiger partial charge in [0.15, 0.2) is 0 Å². The van der Waals surface area contributed by atoms with Crippen LogP contribution in [0.2, 0.25) is 0 Å². The number of hydrogen-bond donors (Lipinski definition) is 1. The third-order valence-electron chi connectivity index (χ3n) is 4.23. The molecule has 0 saturated carbocycles. The minimum absolute atomic E-state index is 0.317. The van der Waals surface area contributed by atoms with Gasteiger partial charge in [0.25, 0.3) is 5.91 Å². The van der Waals surface area contributed by atoms with Crippen LogP contribution < -0.4 is 5.43 Å². The number of nitrogens with zero attached hydrogens (tertiary/aromatic N) is 3. The molecule has 2 aromatic carbocycles. The van der Waals surface area contributed by atoms with Gasteiger partial charge in [0, 0.05) is 12.1 Å². The molecule has 0 spiro atoms. The quantitative estimate of drug-likeness (QED) is 0.428. The van der Waals surface area contributed by atoms with Crippen molar-refractivity contribution in [2.24, 2.45) is 5.10 Å². The number of methoxy groups -OCH3 is 1. The number of ether oxygens (including phenoxy) is 1. The number of aryl methyl sites for hydroxylation is 2. The number of aromatic nitrogens is 2. The summed E-state index contributed by atoms with van der Waals surface area (Å²) < 4.78 is 6.74. The Morgan fingerprint density at radius 2 is 1.89 bits per heavy atom. The van der Waals surface area contributed by atoms with Gasteiger partial charge in [0.05, 0.1) is 29.9 Å². The average molecular weight is 364 g/mol. The second kappa shape index (κ2) is 7.82. The molecule has 3 rings (SSSR count). The predicted octanol–water partition coefficient (Wildman–Crippen LogP) is 2.92. The van der Waals surface area contributed by atoms with Crippen molar-refractivity contribution in [1.82, 2.24) is 15.0 Å². The molecule has 1 amide bonds. The maximum Gasteiger partial charge on any atom is 0.337 e. The fraction of sp³-hybridized carbons (Fsp3) is 0.200. The van der Waals surface area contributed by atoms with Crippen molar-refractivity contribution in [2.45, 2.75) is 20.4 Å². The second-order valence-corrected chi connectivity index (χ2v) is 5.92. The predicted molar refractivity (Wildman–Crippen MR) is 103 cm³/mol. The van der Waals surface area contributed by atoms with E-state index in [1.165, 1.54) is 13.3 Å². The third kappa shape index (κ3) is 3.87. The number of carbonyl (C=O) groups is 2. The Balaban J connectivity index is 1.69. The molecular formula is C20H20N4O3. The Bertz CT molecular complexity index is 1020. The molecule has 7 heteroatoms. The minimum Gasteiger partial charge on any atom is -0.465 e. The number of imidazole rings is 1. The third-order valence-corrected chi connectivity index (χ3v) is 4.23. The Hall–Kier alpha value is -3.48. The molecule has 0 unspecified atom stereocenters. The van der Waals surface area contributed by atoms with Gasteiger partial charge in [-0.05, 0) is 49.7 Å². The maximum atomic E-state index is 12.3. The average Bonchev–Trinajstić information content (AvgIpc) is 3.01. The van der Waals surface area contributed by atoms with E-state index in [0.29, 0.717) is 11.1 Å². The van der Waals surface area contributed by atoms with E-state index in [2.05, 4.69) is 31.7 Å². The molecule has 0 atom stereocenters. The Kier molecular flexibility index (Phi) is 5.30. The van der Waals surface area contributed by atoms with Crippen molar-refractivity contribution in [2.75, 3.05) is 7.11 Å². The molecule has 7 nitrogen and oxygen atoms in total. The molecular weight excluding hydrogens is 344 g/mol. The molecule has 1 aromatic heterocycles. The van der Waals surface area contributed by atoms with E-state index in [0.717, 1.165) is 29.0 Å². The molecule has 0 aliphatic rings. The molecule has 0 aliphatic carbocycles. The normalized spacial score (nSPS) is 11.1. The van der Waals surface area contributed by atoms with Crippen molar-refractivity contribution in [3.8, 4) is 0 Å². The second-order valence-electron chi connectivity index (χ2n) is 5.92. The summed E-state index contributed by atoms with van der Waals surface area (Å²) in [5.41, 5.74) is 5.97. The summed E-state index contributed by atoms with van der Waals surface area (Å²) in [5.74, 6) is 0.199. The molecule has 0 radical (unpaired) electrons. The van der Waals surface area contributed by atoms with Crippen LogP contribution in [0.25, 0.3) is 11.0 Å². The monoisotopic (exact) mass is 364 g/mol. The lowest BCUT2D eigenvalue weighted by molar-refractivity contribution is 0.0600. The van der Waals surface area contributed by atoms with E-state index in [1.807, 2.05) is 13.0 Å². The Labute approximate surface area is 156 Å². The maximum absolute atomic E-state index is 12.3. The standard InChI is InChI=1S/C20H20N4O3/c1-4-24-13(2)22-17-11-16(9-10-18(17)24)19(25)23-21-12-14-5-7-15(8-6-14)20(26)27-3/h5-12H,4H2,1-3H3,(H,23,25)/b21-12-. The van der Waals surface area contributed by atoms with Crippen molar-refractivity contribution in [3.63, 3.8) is 0 Å². The van der Waals surface area contributed by atoms with E-state index < -0.39 is 5.97 Å². The highest BCUT2D eigenvalue weighted by atomic mass is 16.5. The summed E-state index contributed by atoms with van der Waals surface area (Å²) in [6.07, 6.45) is 1.51. The fourth-order valence-electron chi connectivity index (χ4n) is 2.84. The number of hydrogen-bond acceptors (Lipinski definition) is 5. The van der Waals surface area contributed by atoms with Crippen LogP contribution in [0.15, 0.2) is 47.6 Å². The first kappa shape index (κ1) is 18.3. The SMILES string of the molecule is CCn1c(C)nc2cc(C(=O)N/N=C\c3ccc(C(=O)OC)cc3)ccc21. The first-order valence-corrected chi connectivity index (χ1v) is 8.52. The zero-order chi connectivity index (χ0) is 19.4. The Morgan fingerprint density at radius 3 is 2.56 bits per heavy atom. The van der Waals surface area contributed by atoms with Crippen LogP contribution in [-0.2, 0) is 11.3 Å². The largest absolute Gasteiger partial charge is 0.465 e. The van der Waals surface area contributed by atoms with E-state index in [9.17, 15) is 9.59 Å². The van der Waals surface area contributed by atoms with Crippen molar-refractivity contribution >= 4 is 29.1 Å². The number of fused-ring (bicyclic) bond motifs is 1. The van der Waals surface area contributed by atoms with Gasteiger partial charge in [-0.15, -0.1) is 0 Å². The van der Waals surface area contributed by atoms with Crippen molar-refractivity contribution in [3.05, 3.63) is 65.0 Å². The van der Waals surface area contributed by atoms with Crippen LogP contribution in [0.4, 0.5) is 0 Å². The van der Waals surface area contributed by atoms with Crippen LogP contribution in [0.1, 0.15) is 39.0 Å². The van der Waals surface area contributed by atoms with Crippen LogP contribution in [-0.4, -0.2) is 34.8 Å². The van der Waals surface area contributed by atoms with Gasteiger partial charge < -0.3 is 9.30 Å². The summed E-state index contributed by atoms with van der Waals surface area (Å²) in [6, 6.07) is 12.1. The van der Waals surface area contributed by atoms with Crippen LogP contribution in [0, 0.1) is 6.92 Å². The molecule has 0 bridgehead atoms. The summed E-state index contributed by atoms with van der Waals surface area (Å²) >= 11 is 0. The van der Waals surface area contributed by atoms with Gasteiger partial charge in [-0.1, -0.05) is 12.1 Å². The molecule has 0 saturated heterocycles. The molecule has 0 fully saturated rings. The van der Waals surface area contributed by atoms with Gasteiger partial charge >= 0.3 is 5.97 Å². The van der Waals surface area contributed by atoms with Crippen LogP contribution in [0.5, 0.6) is 0 Å². The van der Waals surface area contributed by atoms with Crippen molar-refractivity contribution in [1.29, 1.82) is 0 Å². The number of nitrogens with one attached hydrogen (secondary N) is 1. The topological polar surface area (TPSA) is 85.6 Å². The molecule has 27 heavy (non-hydrogen) atoms. The minimum atomic E-state index is -0.400. The summed E-state index contributed by atoms with van der Waals surface area (Å²) in [7, 11) is 1.33. The zero-order valence-electron chi connectivity index (χ0n) is 15.4. The molecule has 1 N–H and O–H groups in total. The molecule has 0 aliphatic heterocycles. The lowest BCUT2D eigenvalue weighted by atomic mass is 10.1. The van der Waals surface area contributed by atoms with Crippen LogP contribution >= 0.6 is 0 Å². The number of hydrazone groups is 1. The van der Waals surface area contributed by atoms with Gasteiger partial charge in [-0.3, -0.25) is 4.79 Å². The van der Waals surface area contributed by atoms with Gasteiger partial charge in [0.1, 0.15) is 5.82 Å². The Morgan fingerprint density at radius 1 is 1.19 bits per heavy atom. The molecule has 3 aromatic rings. The van der Waals surface area contributed by atoms with E-state index in [-0.39, 0.29) is 5.91 Å². The lowest BCUT2D eigenvalue weighted by Gasteiger charge is -2.03. The van der Waals surface area contributed by atoms with Gasteiger partial charge in [-0.2, -0.15) is 5.10 Å². The van der Waals surface area contributed by atoms with Crippen molar-refractivity contribution < 1.29 is 14.3 Å². The number of benzene rings is 2. The lowest BCUT2D eigenvalue weighted by Crippen LogP contribution is -2.17. The van der Waals surface area contributed by atoms with E-state index >= 15 is 0 Å². The van der Waals surface area contributed by atoms with E-state index in [1.54, 1.807) is 36.4 Å². The summed E-state index contributed by atoms with van der Waals surface area (Å²) in [4.78, 5) is 28.2. The first-order chi connectivity index (χ1) is 13.0. The highest BCUT2D eigenvalue weighted by molar-refractivity contribution is 5.98. The summed E-state index contributed by atoms with van der Waals surface area (Å²) in [5, 5.41) is 3.97. The highest BCUT2D eigenvalue weighted by Crippen LogP contribution is 2.17. The van der Waals surface area contributed by atoms with E-state index in [4.69, 9.17) is 0 Å². The first-order valence-electron chi connectivity index (χ1n) is 8.52. The van der Waals surface area contributed by atoms with Gasteiger partial charge in [-0.25, -0.2) is 15.2 Å². The smallest absolute Gasteiger partial charge is 0.337 e. The zero-order valence-corrected chi connectivity index (χ0v) is 15.4. The number of amides is 1. The highest BCUT2D eigenvalue weighted by Gasteiger charge is 2.10. The van der Waals surface area contributed by atoms with Crippen LogP contribution in [0.3, 0.4) is 0 Å². The summed E-state index contributed by atoms with van der Waals surface area (Å²) in [6.45, 7) is 4.83. The number of carbonyl (C=O) groups excluding carboxylic acids is 2. The van der Waals surface area contributed by atoms with Gasteiger partial charge in [0.2, 0.25) is 0 Å². The fourth-order valence-corrected chi connectivity index (χ4v) is 2.84. The number of esters is 1. The molecule has 1 heterocycles. The molecule has 138 valence electrons. The number of rotatable bonds is 5.